The first kappa shape index (κ1) is 14.2. The zero-order valence-electron chi connectivity index (χ0n) is 11.8. The molecule has 0 bridgehead atoms. The summed E-state index contributed by atoms with van der Waals surface area (Å²) < 4.78 is 1.73. The van der Waals surface area contributed by atoms with Gasteiger partial charge in [0.15, 0.2) is 11.5 Å². The van der Waals surface area contributed by atoms with Gasteiger partial charge in [-0.05, 0) is 42.5 Å². The van der Waals surface area contributed by atoms with Crippen molar-refractivity contribution in [1.82, 2.24) is 19.6 Å². The smallest absolute Gasteiger partial charge is 0.184 e. The third kappa shape index (κ3) is 2.56. The summed E-state index contributed by atoms with van der Waals surface area (Å²) in [5.41, 5.74) is 3.04. The van der Waals surface area contributed by atoms with Crippen molar-refractivity contribution in [1.29, 1.82) is 0 Å². The first-order chi connectivity index (χ1) is 11.2. The van der Waals surface area contributed by atoms with Gasteiger partial charge in [-0.25, -0.2) is 9.50 Å². The fraction of sp³-hybridized carbons (Fsp3) is 0. The predicted octanol–water partition coefficient (Wildman–Crippen LogP) is 4.77. The second-order valence-electron chi connectivity index (χ2n) is 4.96. The first-order valence-electron chi connectivity index (χ1n) is 6.94. The largest absolute Gasteiger partial charge is 0.255 e. The molecule has 0 aliphatic carbocycles. The number of aromatic nitrogens is 4. The Hall–Kier alpha value is -2.43. The number of pyridine rings is 2. The number of rotatable bonds is 2. The van der Waals surface area contributed by atoms with Gasteiger partial charge in [-0.15, -0.1) is 5.10 Å². The zero-order valence-corrected chi connectivity index (χ0v) is 13.3. The van der Waals surface area contributed by atoms with Gasteiger partial charge in [0.2, 0.25) is 0 Å². The molecule has 4 rings (SSSR count). The number of fused-ring (bicyclic) bond motifs is 1. The highest BCUT2D eigenvalue weighted by Gasteiger charge is 2.15. The van der Waals surface area contributed by atoms with Crippen LogP contribution >= 0.6 is 23.2 Å². The van der Waals surface area contributed by atoms with Gasteiger partial charge in [-0.3, -0.25) is 4.98 Å². The van der Waals surface area contributed by atoms with Crippen molar-refractivity contribution in [3.8, 4) is 22.6 Å². The molecular formula is C17H10Cl2N4. The maximum absolute atomic E-state index is 6.32. The summed E-state index contributed by atoms with van der Waals surface area (Å²) in [6, 6.07) is 14.8. The Balaban J connectivity index is 1.95. The average Bonchev–Trinajstić information content (AvgIpc) is 3.01. The minimum Gasteiger partial charge on any atom is -0.255 e. The Morgan fingerprint density at radius 2 is 1.83 bits per heavy atom. The van der Waals surface area contributed by atoms with Crippen LogP contribution in [0.15, 0.2) is 60.9 Å². The SMILES string of the molecule is Clc1ccc(Cl)c(-c2ncccc2-c2nc3ccccn3n2)c1. The number of halogens is 2. The van der Waals surface area contributed by atoms with Gasteiger partial charge >= 0.3 is 0 Å². The van der Waals surface area contributed by atoms with Crippen LogP contribution in [0.3, 0.4) is 0 Å². The summed E-state index contributed by atoms with van der Waals surface area (Å²) in [6.07, 6.45) is 3.57. The van der Waals surface area contributed by atoms with Gasteiger partial charge in [0, 0.05) is 28.5 Å². The van der Waals surface area contributed by atoms with Crippen molar-refractivity contribution in [3.63, 3.8) is 0 Å². The summed E-state index contributed by atoms with van der Waals surface area (Å²) in [5, 5.41) is 5.69. The number of benzene rings is 1. The molecule has 112 valence electrons. The quantitative estimate of drug-likeness (QED) is 0.528. The lowest BCUT2D eigenvalue weighted by atomic mass is 10.1. The Morgan fingerprint density at radius 3 is 2.70 bits per heavy atom. The number of nitrogens with zero attached hydrogens (tertiary/aromatic N) is 4. The molecule has 4 aromatic rings. The van der Waals surface area contributed by atoms with Crippen molar-refractivity contribution < 1.29 is 0 Å². The Kier molecular flexibility index (Phi) is 3.48. The van der Waals surface area contributed by atoms with E-state index in [1.807, 2.05) is 36.5 Å². The molecule has 4 nitrogen and oxygen atoms in total. The molecule has 6 heteroatoms. The molecule has 3 aromatic heterocycles. The van der Waals surface area contributed by atoms with Crippen LogP contribution in [-0.2, 0) is 0 Å². The lowest BCUT2D eigenvalue weighted by Gasteiger charge is -2.08. The van der Waals surface area contributed by atoms with Crippen molar-refractivity contribution >= 4 is 28.8 Å². The minimum absolute atomic E-state index is 0.582. The summed E-state index contributed by atoms with van der Waals surface area (Å²) in [6.45, 7) is 0. The van der Waals surface area contributed by atoms with E-state index >= 15 is 0 Å². The Labute approximate surface area is 142 Å². The number of hydrogen-bond donors (Lipinski definition) is 0. The molecule has 0 atom stereocenters. The maximum Gasteiger partial charge on any atom is 0.184 e. The van der Waals surface area contributed by atoms with Crippen molar-refractivity contribution in [2.75, 3.05) is 0 Å². The lowest BCUT2D eigenvalue weighted by molar-refractivity contribution is 0.965. The van der Waals surface area contributed by atoms with Crippen LogP contribution in [0, 0.1) is 0 Å². The third-order valence-electron chi connectivity index (χ3n) is 3.47. The molecule has 0 saturated heterocycles. The number of hydrogen-bond acceptors (Lipinski definition) is 3. The van der Waals surface area contributed by atoms with E-state index in [4.69, 9.17) is 23.2 Å². The molecule has 0 radical (unpaired) electrons. The molecule has 0 spiro atoms. The third-order valence-corrected chi connectivity index (χ3v) is 4.04. The highest BCUT2D eigenvalue weighted by Crippen LogP contribution is 2.34. The van der Waals surface area contributed by atoms with E-state index in [0.717, 1.165) is 16.8 Å². The topological polar surface area (TPSA) is 43.1 Å². The van der Waals surface area contributed by atoms with Crippen LogP contribution in [0.5, 0.6) is 0 Å². The van der Waals surface area contributed by atoms with E-state index in [1.54, 1.807) is 28.9 Å². The van der Waals surface area contributed by atoms with E-state index < -0.39 is 0 Å². The van der Waals surface area contributed by atoms with Gasteiger partial charge in [-0.2, -0.15) is 0 Å². The van der Waals surface area contributed by atoms with Crippen molar-refractivity contribution in [3.05, 3.63) is 71.0 Å². The van der Waals surface area contributed by atoms with E-state index in [1.165, 1.54) is 0 Å². The molecule has 0 unspecified atom stereocenters. The normalized spacial score (nSPS) is 11.0. The Bertz CT molecular complexity index is 977. The molecule has 0 saturated carbocycles. The molecule has 0 aliphatic rings. The van der Waals surface area contributed by atoms with E-state index in [0.29, 0.717) is 21.6 Å². The Morgan fingerprint density at radius 1 is 0.913 bits per heavy atom. The van der Waals surface area contributed by atoms with Crippen LogP contribution in [0.4, 0.5) is 0 Å². The zero-order chi connectivity index (χ0) is 15.8. The molecule has 23 heavy (non-hydrogen) atoms. The predicted molar refractivity (Wildman–Crippen MR) is 91.7 cm³/mol. The summed E-state index contributed by atoms with van der Waals surface area (Å²) >= 11 is 12.4. The van der Waals surface area contributed by atoms with Crippen molar-refractivity contribution in [2.45, 2.75) is 0 Å². The van der Waals surface area contributed by atoms with Crippen LogP contribution < -0.4 is 0 Å². The standard InChI is InChI=1S/C17H10Cl2N4/c18-11-6-7-14(19)13(10-11)16-12(4-3-8-20-16)17-21-15-5-1-2-9-23(15)22-17/h1-10H. The molecule has 0 fully saturated rings. The highest BCUT2D eigenvalue weighted by molar-refractivity contribution is 6.35. The van der Waals surface area contributed by atoms with Gasteiger partial charge in [0.25, 0.3) is 0 Å². The molecule has 0 amide bonds. The fourth-order valence-electron chi connectivity index (χ4n) is 2.42. The maximum atomic E-state index is 6.32. The lowest BCUT2D eigenvalue weighted by Crippen LogP contribution is -1.92. The van der Waals surface area contributed by atoms with Gasteiger partial charge in [0.1, 0.15) is 0 Å². The average molecular weight is 341 g/mol. The first-order valence-corrected chi connectivity index (χ1v) is 7.70. The van der Waals surface area contributed by atoms with Crippen LogP contribution in [0.1, 0.15) is 0 Å². The van der Waals surface area contributed by atoms with Crippen molar-refractivity contribution in [2.24, 2.45) is 0 Å². The molecule has 3 heterocycles. The van der Waals surface area contributed by atoms with E-state index in [9.17, 15) is 0 Å². The van der Waals surface area contributed by atoms with Gasteiger partial charge < -0.3 is 0 Å². The second-order valence-corrected chi connectivity index (χ2v) is 5.81. The monoisotopic (exact) mass is 340 g/mol. The summed E-state index contributed by atoms with van der Waals surface area (Å²) in [4.78, 5) is 9.02. The second kappa shape index (κ2) is 5.65. The molecule has 1 aromatic carbocycles. The van der Waals surface area contributed by atoms with E-state index in [2.05, 4.69) is 15.1 Å². The highest BCUT2D eigenvalue weighted by atomic mass is 35.5. The van der Waals surface area contributed by atoms with Gasteiger partial charge in [-0.1, -0.05) is 29.3 Å². The van der Waals surface area contributed by atoms with Crippen LogP contribution in [-0.4, -0.2) is 19.6 Å². The fourth-order valence-corrected chi connectivity index (χ4v) is 2.80. The van der Waals surface area contributed by atoms with Crippen LogP contribution in [0.25, 0.3) is 28.3 Å². The molecule has 0 aliphatic heterocycles. The molecule has 0 N–H and O–H groups in total. The molecular weight excluding hydrogens is 331 g/mol. The summed E-state index contributed by atoms with van der Waals surface area (Å²) in [5.74, 6) is 0.593. The minimum atomic E-state index is 0.582. The van der Waals surface area contributed by atoms with Crippen LogP contribution in [0.2, 0.25) is 10.0 Å². The van der Waals surface area contributed by atoms with E-state index in [-0.39, 0.29) is 0 Å². The summed E-state index contributed by atoms with van der Waals surface area (Å²) in [7, 11) is 0. The van der Waals surface area contributed by atoms with Gasteiger partial charge in [0.05, 0.1) is 10.7 Å².